The normalized spacial score (nSPS) is 12.9. The molecule has 3 heteroatoms. The van der Waals surface area contributed by atoms with Gasteiger partial charge in [0.15, 0.2) is 0 Å². The van der Waals surface area contributed by atoms with Gasteiger partial charge in [0.05, 0.1) is 5.69 Å². The third-order valence-electron chi connectivity index (χ3n) is 2.36. The minimum absolute atomic E-state index is 0.309. The summed E-state index contributed by atoms with van der Waals surface area (Å²) in [5, 5.41) is 12.8. The van der Waals surface area contributed by atoms with Crippen molar-refractivity contribution in [3.05, 3.63) is 23.8 Å². The lowest BCUT2D eigenvalue weighted by molar-refractivity contribution is 0.476. The van der Waals surface area contributed by atoms with Crippen LogP contribution in [0.15, 0.2) is 18.2 Å². The first kappa shape index (κ1) is 12.4. The summed E-state index contributed by atoms with van der Waals surface area (Å²) in [6.45, 7) is 7.15. The number of phenols is 1. The first-order valence-electron chi connectivity index (χ1n) is 5.18. The number of alkyl halides is 1. The van der Waals surface area contributed by atoms with E-state index in [-0.39, 0.29) is 0 Å². The smallest absolute Gasteiger partial charge is 0.138 e. The van der Waals surface area contributed by atoms with Crippen LogP contribution in [0, 0.1) is 12.8 Å². The van der Waals surface area contributed by atoms with Crippen molar-refractivity contribution in [1.82, 2.24) is 0 Å². The molecule has 0 aliphatic rings. The Balaban J connectivity index is 2.61. The summed E-state index contributed by atoms with van der Waals surface area (Å²) in [6.07, 6.45) is 0. The van der Waals surface area contributed by atoms with E-state index in [4.69, 9.17) is 0 Å². The van der Waals surface area contributed by atoms with Gasteiger partial charge in [0.25, 0.3) is 0 Å². The second-order valence-electron chi connectivity index (χ2n) is 4.16. The van der Waals surface area contributed by atoms with Gasteiger partial charge in [0.2, 0.25) is 0 Å². The third-order valence-corrected chi connectivity index (χ3v) is 3.74. The summed E-state index contributed by atoms with van der Waals surface area (Å²) in [5.41, 5.74) is 1.95. The summed E-state index contributed by atoms with van der Waals surface area (Å²) >= 11 is 3.60. The number of phenolic OH excluding ortho intramolecular Hbond substituents is 1. The molecular weight excluding hydrogens is 254 g/mol. The largest absolute Gasteiger partial charge is 0.506 e. The van der Waals surface area contributed by atoms with Crippen LogP contribution in [0.3, 0.4) is 0 Å². The number of rotatable bonds is 4. The Morgan fingerprint density at radius 1 is 1.40 bits per heavy atom. The number of aromatic hydroxyl groups is 1. The molecular formula is C12H18BrNO. The van der Waals surface area contributed by atoms with Gasteiger partial charge in [-0.2, -0.15) is 0 Å². The fourth-order valence-electron chi connectivity index (χ4n) is 1.23. The molecule has 0 saturated carbocycles. The minimum Gasteiger partial charge on any atom is -0.506 e. The summed E-state index contributed by atoms with van der Waals surface area (Å²) in [7, 11) is 0. The van der Waals surface area contributed by atoms with Crippen molar-refractivity contribution in [2.75, 3.05) is 11.9 Å². The molecule has 15 heavy (non-hydrogen) atoms. The van der Waals surface area contributed by atoms with Crippen LogP contribution in [0.4, 0.5) is 5.69 Å². The maximum absolute atomic E-state index is 9.61. The summed E-state index contributed by atoms with van der Waals surface area (Å²) in [6, 6.07) is 5.57. The predicted molar refractivity (Wildman–Crippen MR) is 68.9 cm³/mol. The zero-order valence-corrected chi connectivity index (χ0v) is 11.0. The Morgan fingerprint density at radius 3 is 2.67 bits per heavy atom. The topological polar surface area (TPSA) is 32.3 Å². The number of aryl methyl sites for hydroxylation is 1. The van der Waals surface area contributed by atoms with Crippen molar-refractivity contribution < 1.29 is 5.11 Å². The molecule has 0 radical (unpaired) electrons. The third kappa shape index (κ3) is 3.74. The minimum atomic E-state index is 0.309. The second kappa shape index (κ2) is 5.40. The van der Waals surface area contributed by atoms with Crippen molar-refractivity contribution in [2.45, 2.75) is 25.6 Å². The van der Waals surface area contributed by atoms with Crippen LogP contribution in [0.5, 0.6) is 5.75 Å². The molecule has 0 bridgehead atoms. The fraction of sp³-hybridized carbons (Fsp3) is 0.500. The fourth-order valence-corrected chi connectivity index (χ4v) is 1.40. The lowest BCUT2D eigenvalue weighted by atomic mass is 10.1. The maximum atomic E-state index is 9.61. The van der Waals surface area contributed by atoms with Crippen molar-refractivity contribution in [1.29, 1.82) is 0 Å². The molecule has 0 amide bonds. The Bertz CT molecular complexity index is 325. The van der Waals surface area contributed by atoms with Crippen LogP contribution in [0.1, 0.15) is 19.4 Å². The van der Waals surface area contributed by atoms with E-state index in [1.165, 1.54) is 0 Å². The first-order chi connectivity index (χ1) is 7.00. The lowest BCUT2D eigenvalue weighted by Crippen LogP contribution is -2.19. The molecule has 0 aliphatic heterocycles. The molecule has 0 aromatic heterocycles. The second-order valence-corrected chi connectivity index (χ2v) is 5.34. The van der Waals surface area contributed by atoms with E-state index < -0.39 is 0 Å². The van der Waals surface area contributed by atoms with E-state index in [0.29, 0.717) is 16.5 Å². The van der Waals surface area contributed by atoms with Gasteiger partial charge < -0.3 is 10.4 Å². The van der Waals surface area contributed by atoms with Crippen LogP contribution < -0.4 is 5.32 Å². The molecule has 1 aromatic rings. The number of benzene rings is 1. The molecule has 1 unspecified atom stereocenters. The van der Waals surface area contributed by atoms with Crippen LogP contribution >= 0.6 is 15.9 Å². The van der Waals surface area contributed by atoms with Gasteiger partial charge in [-0.1, -0.05) is 35.8 Å². The van der Waals surface area contributed by atoms with Gasteiger partial charge in [-0.15, -0.1) is 0 Å². The number of nitrogens with one attached hydrogen (secondary N) is 1. The SMILES string of the molecule is Cc1ccc(O)c(NCC(Br)C(C)C)c1. The summed E-state index contributed by atoms with van der Waals surface area (Å²) in [5.74, 6) is 0.883. The van der Waals surface area contributed by atoms with Crippen molar-refractivity contribution in [2.24, 2.45) is 5.92 Å². The molecule has 0 fully saturated rings. The lowest BCUT2D eigenvalue weighted by Gasteiger charge is -2.16. The van der Waals surface area contributed by atoms with E-state index in [9.17, 15) is 5.11 Å². The highest BCUT2D eigenvalue weighted by atomic mass is 79.9. The molecule has 0 spiro atoms. The van der Waals surface area contributed by atoms with Crippen molar-refractivity contribution in [3.8, 4) is 5.75 Å². The van der Waals surface area contributed by atoms with Crippen LogP contribution in [0.25, 0.3) is 0 Å². The summed E-state index contributed by atoms with van der Waals surface area (Å²) in [4.78, 5) is 0.414. The maximum Gasteiger partial charge on any atom is 0.138 e. The Labute approximate surface area is 99.8 Å². The molecule has 2 nitrogen and oxygen atoms in total. The van der Waals surface area contributed by atoms with Gasteiger partial charge in [0.1, 0.15) is 5.75 Å². The Hall–Kier alpha value is -0.700. The zero-order valence-electron chi connectivity index (χ0n) is 9.42. The zero-order chi connectivity index (χ0) is 11.4. The van der Waals surface area contributed by atoms with Crippen molar-refractivity contribution in [3.63, 3.8) is 0 Å². The molecule has 1 aromatic carbocycles. The standard InChI is InChI=1S/C12H18BrNO/c1-8(2)10(13)7-14-11-6-9(3)4-5-12(11)15/h4-6,8,10,14-15H,7H2,1-3H3. The van der Waals surface area contributed by atoms with Gasteiger partial charge in [0, 0.05) is 11.4 Å². The van der Waals surface area contributed by atoms with Gasteiger partial charge in [-0.3, -0.25) is 0 Å². The van der Waals surface area contributed by atoms with Crippen LogP contribution in [-0.4, -0.2) is 16.5 Å². The highest BCUT2D eigenvalue weighted by molar-refractivity contribution is 9.09. The quantitative estimate of drug-likeness (QED) is 0.649. The van der Waals surface area contributed by atoms with E-state index >= 15 is 0 Å². The average molecular weight is 272 g/mol. The number of hydrogen-bond acceptors (Lipinski definition) is 2. The van der Waals surface area contributed by atoms with E-state index in [1.807, 2.05) is 19.1 Å². The average Bonchev–Trinajstić information content (AvgIpc) is 2.18. The molecule has 0 heterocycles. The first-order valence-corrected chi connectivity index (χ1v) is 6.10. The monoisotopic (exact) mass is 271 g/mol. The molecule has 0 saturated heterocycles. The summed E-state index contributed by atoms with van der Waals surface area (Å²) < 4.78 is 0. The van der Waals surface area contributed by atoms with Crippen LogP contribution in [-0.2, 0) is 0 Å². The van der Waals surface area contributed by atoms with Crippen LogP contribution in [0.2, 0.25) is 0 Å². The molecule has 84 valence electrons. The highest BCUT2D eigenvalue weighted by Crippen LogP contribution is 2.24. The van der Waals surface area contributed by atoms with Gasteiger partial charge in [-0.05, 0) is 30.5 Å². The Morgan fingerprint density at radius 2 is 2.07 bits per heavy atom. The van der Waals surface area contributed by atoms with E-state index in [1.54, 1.807) is 6.07 Å². The highest BCUT2D eigenvalue weighted by Gasteiger charge is 2.09. The van der Waals surface area contributed by atoms with Gasteiger partial charge >= 0.3 is 0 Å². The number of hydrogen-bond donors (Lipinski definition) is 2. The Kier molecular flexibility index (Phi) is 4.45. The van der Waals surface area contributed by atoms with E-state index in [2.05, 4.69) is 35.1 Å². The van der Waals surface area contributed by atoms with Gasteiger partial charge in [-0.25, -0.2) is 0 Å². The number of halogens is 1. The molecule has 1 rings (SSSR count). The predicted octanol–water partition coefficient (Wildman–Crippen LogP) is 3.53. The molecule has 1 atom stereocenters. The number of anilines is 1. The molecule has 0 aliphatic carbocycles. The molecule has 2 N–H and O–H groups in total. The van der Waals surface area contributed by atoms with Crippen molar-refractivity contribution >= 4 is 21.6 Å². The van der Waals surface area contributed by atoms with E-state index in [0.717, 1.165) is 17.8 Å².